The molecule has 41 heavy (non-hydrogen) atoms. The van der Waals surface area contributed by atoms with Gasteiger partial charge in [-0.05, 0) is 67.0 Å². The SMILES string of the molecule is C/C=C1\N(C)C=C(C(=O)Nc2cccc(-c3cccc(-c4cc5c(c(OC)n4)C(C)CC5)c3Cl)c2CC)C(=O)N1C. The number of nitrogens with one attached hydrogen (secondary N) is 1. The van der Waals surface area contributed by atoms with Gasteiger partial charge in [-0.15, -0.1) is 0 Å². The fourth-order valence-electron chi connectivity index (χ4n) is 5.98. The quantitative estimate of drug-likeness (QED) is 0.331. The van der Waals surface area contributed by atoms with Crippen molar-refractivity contribution >= 4 is 29.1 Å². The molecule has 8 heteroatoms. The third-order valence-electron chi connectivity index (χ3n) is 8.05. The van der Waals surface area contributed by atoms with E-state index in [1.54, 1.807) is 25.3 Å². The predicted molar refractivity (Wildman–Crippen MR) is 164 cm³/mol. The number of hydrogen-bond donors (Lipinski definition) is 1. The second kappa shape index (κ2) is 11.4. The minimum absolute atomic E-state index is 0.0686. The van der Waals surface area contributed by atoms with Gasteiger partial charge < -0.3 is 15.0 Å². The molecule has 1 unspecified atom stereocenters. The number of allylic oxidation sites excluding steroid dienone is 1. The Morgan fingerprint density at radius 1 is 1.17 bits per heavy atom. The number of aromatic nitrogens is 1. The van der Waals surface area contributed by atoms with E-state index in [0.717, 1.165) is 40.8 Å². The predicted octanol–water partition coefficient (Wildman–Crippen LogP) is 6.78. The van der Waals surface area contributed by atoms with E-state index in [4.69, 9.17) is 21.3 Å². The molecule has 5 rings (SSSR count). The second-order valence-electron chi connectivity index (χ2n) is 10.5. The van der Waals surface area contributed by atoms with Crippen LogP contribution in [0.3, 0.4) is 0 Å². The highest BCUT2D eigenvalue weighted by Gasteiger charge is 2.31. The Hall–Kier alpha value is -4.10. The van der Waals surface area contributed by atoms with Crippen molar-refractivity contribution in [2.45, 2.75) is 46.0 Å². The van der Waals surface area contributed by atoms with Crippen molar-refractivity contribution in [3.63, 3.8) is 0 Å². The van der Waals surface area contributed by atoms with Gasteiger partial charge in [-0.1, -0.05) is 55.8 Å². The van der Waals surface area contributed by atoms with Crippen LogP contribution in [0.25, 0.3) is 22.4 Å². The molecular formula is C33H35ClN4O3. The van der Waals surface area contributed by atoms with Crippen LogP contribution in [0.1, 0.15) is 49.8 Å². The second-order valence-corrected chi connectivity index (χ2v) is 10.9. The number of fused-ring (bicyclic) bond motifs is 1. The molecule has 0 radical (unpaired) electrons. The van der Waals surface area contributed by atoms with E-state index < -0.39 is 5.91 Å². The highest BCUT2D eigenvalue weighted by atomic mass is 35.5. The summed E-state index contributed by atoms with van der Waals surface area (Å²) in [5.74, 6) is 0.971. The summed E-state index contributed by atoms with van der Waals surface area (Å²) in [5.41, 5.74) is 7.43. The number of benzene rings is 2. The third-order valence-corrected chi connectivity index (χ3v) is 8.46. The summed E-state index contributed by atoms with van der Waals surface area (Å²) >= 11 is 7.10. The van der Waals surface area contributed by atoms with E-state index in [9.17, 15) is 9.59 Å². The van der Waals surface area contributed by atoms with Gasteiger partial charge in [-0.25, -0.2) is 4.98 Å². The minimum Gasteiger partial charge on any atom is -0.481 e. The lowest BCUT2D eigenvalue weighted by Gasteiger charge is -2.32. The van der Waals surface area contributed by atoms with Crippen molar-refractivity contribution in [2.75, 3.05) is 26.5 Å². The van der Waals surface area contributed by atoms with Crippen LogP contribution >= 0.6 is 11.6 Å². The number of carbonyl (C=O) groups is 2. The summed E-state index contributed by atoms with van der Waals surface area (Å²) in [4.78, 5) is 34.4. The van der Waals surface area contributed by atoms with Crippen LogP contribution < -0.4 is 10.1 Å². The van der Waals surface area contributed by atoms with E-state index in [-0.39, 0.29) is 11.5 Å². The number of aryl methyl sites for hydroxylation is 1. The normalized spacial score (nSPS) is 17.5. The summed E-state index contributed by atoms with van der Waals surface area (Å²) < 4.78 is 5.68. The first-order chi connectivity index (χ1) is 19.7. The molecule has 1 aliphatic heterocycles. The number of ether oxygens (including phenoxy) is 1. The van der Waals surface area contributed by atoms with Gasteiger partial charge in [0, 0.05) is 42.7 Å². The average Bonchev–Trinajstić information content (AvgIpc) is 3.35. The fraction of sp³-hybridized carbons (Fsp3) is 0.303. The first-order valence-electron chi connectivity index (χ1n) is 13.9. The molecule has 7 nitrogen and oxygen atoms in total. The molecule has 1 aromatic heterocycles. The molecule has 212 valence electrons. The lowest BCUT2D eigenvalue weighted by Crippen LogP contribution is -2.41. The van der Waals surface area contributed by atoms with Gasteiger partial charge in [0.2, 0.25) is 5.88 Å². The Labute approximate surface area is 246 Å². The zero-order chi connectivity index (χ0) is 29.4. The summed E-state index contributed by atoms with van der Waals surface area (Å²) in [6.45, 7) is 6.09. The van der Waals surface area contributed by atoms with Gasteiger partial charge in [0.25, 0.3) is 11.8 Å². The molecule has 2 aliphatic rings. The average molecular weight is 571 g/mol. The number of methoxy groups -OCH3 is 1. The van der Waals surface area contributed by atoms with E-state index in [0.29, 0.717) is 34.7 Å². The van der Waals surface area contributed by atoms with E-state index >= 15 is 0 Å². The Balaban J connectivity index is 1.52. The van der Waals surface area contributed by atoms with E-state index in [2.05, 4.69) is 18.3 Å². The van der Waals surface area contributed by atoms with Gasteiger partial charge in [0.1, 0.15) is 11.4 Å². The van der Waals surface area contributed by atoms with Gasteiger partial charge in [0.05, 0.1) is 17.8 Å². The molecule has 1 N–H and O–H groups in total. The largest absolute Gasteiger partial charge is 0.481 e. The molecule has 1 atom stereocenters. The summed E-state index contributed by atoms with van der Waals surface area (Å²) in [7, 11) is 5.13. The minimum atomic E-state index is -0.459. The standard InChI is InChI=1S/C33H35ClN4O3/c1-7-21-22(11-10-14-26(21)35-31(39)25-18-37(4)28(8-2)38(5)33(25)40)23-12-9-13-24(30(23)34)27-17-20-16-15-19(3)29(20)32(36-27)41-6/h8-14,17-19H,7,15-16H2,1-6H3,(H,35,39)/b28-8+. The van der Waals surface area contributed by atoms with Crippen molar-refractivity contribution < 1.29 is 14.3 Å². The van der Waals surface area contributed by atoms with Crippen LogP contribution in [-0.2, 0) is 22.4 Å². The van der Waals surface area contributed by atoms with Gasteiger partial charge in [-0.2, -0.15) is 0 Å². The smallest absolute Gasteiger partial charge is 0.266 e. The molecule has 0 saturated heterocycles. The molecule has 1 aliphatic carbocycles. The topological polar surface area (TPSA) is 74.8 Å². The lowest BCUT2D eigenvalue weighted by molar-refractivity contribution is -0.128. The molecule has 3 aromatic rings. The van der Waals surface area contributed by atoms with Crippen LogP contribution in [0.15, 0.2) is 66.1 Å². The van der Waals surface area contributed by atoms with Crippen molar-refractivity contribution in [2.24, 2.45) is 0 Å². The van der Waals surface area contributed by atoms with Crippen LogP contribution in [0.5, 0.6) is 5.88 Å². The highest BCUT2D eigenvalue weighted by Crippen LogP contribution is 2.43. The Morgan fingerprint density at radius 3 is 2.59 bits per heavy atom. The molecule has 0 saturated carbocycles. The lowest BCUT2D eigenvalue weighted by atomic mass is 9.94. The molecule has 0 fully saturated rings. The van der Waals surface area contributed by atoms with E-state index in [1.165, 1.54) is 16.0 Å². The number of pyridine rings is 1. The Bertz CT molecular complexity index is 1610. The van der Waals surface area contributed by atoms with Crippen molar-refractivity contribution in [3.8, 4) is 28.3 Å². The Kier molecular flexibility index (Phi) is 7.91. The molecule has 2 amide bonds. The van der Waals surface area contributed by atoms with Crippen molar-refractivity contribution in [3.05, 3.63) is 87.8 Å². The number of nitrogens with zero attached hydrogens (tertiary/aromatic N) is 3. The molecule has 2 aromatic carbocycles. The number of halogens is 1. The first kappa shape index (κ1) is 28.4. The van der Waals surface area contributed by atoms with Crippen LogP contribution in [0.4, 0.5) is 5.69 Å². The monoisotopic (exact) mass is 570 g/mol. The van der Waals surface area contributed by atoms with Gasteiger partial charge in [0.15, 0.2) is 0 Å². The Morgan fingerprint density at radius 2 is 1.88 bits per heavy atom. The summed E-state index contributed by atoms with van der Waals surface area (Å²) in [5, 5.41) is 3.57. The van der Waals surface area contributed by atoms with Gasteiger partial charge >= 0.3 is 0 Å². The zero-order valence-corrected chi connectivity index (χ0v) is 25.1. The number of likely N-dealkylation sites (N-methyl/N-ethyl adjacent to an activating group) is 1. The third kappa shape index (κ3) is 4.99. The van der Waals surface area contributed by atoms with E-state index in [1.807, 2.05) is 63.4 Å². The number of hydrogen-bond acceptors (Lipinski definition) is 5. The maximum Gasteiger partial charge on any atom is 0.266 e. The number of carbonyl (C=O) groups excluding carboxylic acids is 2. The summed E-state index contributed by atoms with van der Waals surface area (Å²) in [6, 6.07) is 13.8. The maximum atomic E-state index is 13.3. The van der Waals surface area contributed by atoms with Crippen LogP contribution in [0, 0.1) is 0 Å². The number of anilines is 1. The molecule has 2 heterocycles. The molecule has 0 bridgehead atoms. The summed E-state index contributed by atoms with van der Waals surface area (Å²) in [6.07, 6.45) is 6.11. The van der Waals surface area contributed by atoms with Crippen LogP contribution in [-0.4, -0.2) is 47.8 Å². The van der Waals surface area contributed by atoms with Crippen molar-refractivity contribution in [1.29, 1.82) is 0 Å². The molecule has 0 spiro atoms. The molecular weight excluding hydrogens is 536 g/mol. The number of rotatable bonds is 6. The van der Waals surface area contributed by atoms with Crippen LogP contribution in [0.2, 0.25) is 5.02 Å². The highest BCUT2D eigenvalue weighted by molar-refractivity contribution is 6.36. The van der Waals surface area contributed by atoms with Crippen molar-refractivity contribution in [1.82, 2.24) is 14.8 Å². The fourth-order valence-corrected chi connectivity index (χ4v) is 6.30. The first-order valence-corrected chi connectivity index (χ1v) is 14.3. The van der Waals surface area contributed by atoms with Gasteiger partial charge in [-0.3, -0.25) is 14.5 Å². The number of amides is 2. The zero-order valence-electron chi connectivity index (χ0n) is 24.3. The maximum absolute atomic E-state index is 13.3.